The van der Waals surface area contributed by atoms with Gasteiger partial charge < -0.3 is 9.42 Å². The zero-order chi connectivity index (χ0) is 18.6. The van der Waals surface area contributed by atoms with E-state index < -0.39 is 0 Å². The second-order valence-electron chi connectivity index (χ2n) is 9.24. The summed E-state index contributed by atoms with van der Waals surface area (Å²) in [6.45, 7) is 2.43. The average Bonchev–Trinajstić information content (AvgIpc) is 3.08. The van der Waals surface area contributed by atoms with Gasteiger partial charge in [0.15, 0.2) is 0 Å². The van der Waals surface area contributed by atoms with Gasteiger partial charge in [0, 0.05) is 12.6 Å². The summed E-state index contributed by atoms with van der Waals surface area (Å²) in [5.41, 5.74) is 1.98. The van der Waals surface area contributed by atoms with Gasteiger partial charge in [0.1, 0.15) is 0 Å². The third-order valence-electron chi connectivity index (χ3n) is 6.96. The first-order chi connectivity index (χ1) is 13.0. The van der Waals surface area contributed by atoms with Crippen molar-refractivity contribution in [2.75, 3.05) is 7.05 Å². The number of benzene rings is 1. The fourth-order valence-corrected chi connectivity index (χ4v) is 6.27. The molecule has 1 aromatic heterocycles. The van der Waals surface area contributed by atoms with Gasteiger partial charge in [-0.1, -0.05) is 28.9 Å². The summed E-state index contributed by atoms with van der Waals surface area (Å²) in [5, 5.41) is 4.11. The minimum absolute atomic E-state index is 0.122. The Bertz CT molecular complexity index is 837. The van der Waals surface area contributed by atoms with Crippen molar-refractivity contribution in [2.45, 2.75) is 52.0 Å². The van der Waals surface area contributed by atoms with Crippen molar-refractivity contribution in [3.63, 3.8) is 0 Å². The molecule has 1 amide bonds. The van der Waals surface area contributed by atoms with Gasteiger partial charge >= 0.3 is 0 Å². The summed E-state index contributed by atoms with van der Waals surface area (Å²) in [6.07, 6.45) is 7.29. The number of carbonyl (C=O) groups excluding carboxylic acids is 1. The molecule has 142 valence electrons. The molecular formula is C22H27N3O2. The smallest absolute Gasteiger partial charge is 0.246 e. The summed E-state index contributed by atoms with van der Waals surface area (Å²) in [5.74, 6) is 3.69. The van der Waals surface area contributed by atoms with Crippen LogP contribution in [0.15, 0.2) is 28.8 Å². The largest absolute Gasteiger partial charge is 0.337 e. The SMILES string of the molecule is Cc1cccc(-c2noc(CN(C)C(=O)C34CC5CC(CC(C5)C3)C4)n2)c1. The Hall–Kier alpha value is -2.17. The molecule has 6 rings (SSSR count). The first kappa shape index (κ1) is 17.0. The molecule has 1 aromatic carbocycles. The fourth-order valence-electron chi connectivity index (χ4n) is 6.27. The van der Waals surface area contributed by atoms with E-state index in [2.05, 4.69) is 10.1 Å². The van der Waals surface area contributed by atoms with Gasteiger partial charge in [-0.15, -0.1) is 0 Å². The molecule has 0 aliphatic heterocycles. The fraction of sp³-hybridized carbons (Fsp3) is 0.591. The molecule has 4 bridgehead atoms. The maximum absolute atomic E-state index is 13.4. The Morgan fingerprint density at radius 1 is 1.19 bits per heavy atom. The van der Waals surface area contributed by atoms with Crippen molar-refractivity contribution in [1.82, 2.24) is 15.0 Å². The van der Waals surface area contributed by atoms with Crippen LogP contribution in [0.25, 0.3) is 11.4 Å². The van der Waals surface area contributed by atoms with E-state index in [1.165, 1.54) is 19.3 Å². The van der Waals surface area contributed by atoms with Crippen LogP contribution in [0.3, 0.4) is 0 Å². The van der Waals surface area contributed by atoms with E-state index in [9.17, 15) is 4.79 Å². The summed E-state index contributed by atoms with van der Waals surface area (Å²) in [6, 6.07) is 8.05. The van der Waals surface area contributed by atoms with E-state index in [-0.39, 0.29) is 11.3 Å². The Morgan fingerprint density at radius 3 is 2.48 bits per heavy atom. The maximum atomic E-state index is 13.4. The average molecular weight is 365 g/mol. The summed E-state index contributed by atoms with van der Waals surface area (Å²) in [4.78, 5) is 19.7. The van der Waals surface area contributed by atoms with Crippen LogP contribution in [0, 0.1) is 30.1 Å². The lowest BCUT2D eigenvalue weighted by Crippen LogP contribution is -2.53. The quantitative estimate of drug-likeness (QED) is 0.814. The minimum atomic E-state index is -0.122. The predicted octanol–water partition coefficient (Wildman–Crippen LogP) is 4.22. The highest BCUT2D eigenvalue weighted by Gasteiger charge is 2.55. The van der Waals surface area contributed by atoms with Crippen molar-refractivity contribution < 1.29 is 9.32 Å². The number of aromatic nitrogens is 2. The monoisotopic (exact) mass is 365 g/mol. The molecule has 0 saturated heterocycles. The maximum Gasteiger partial charge on any atom is 0.246 e. The zero-order valence-electron chi connectivity index (χ0n) is 16.1. The molecule has 2 aromatic rings. The summed E-state index contributed by atoms with van der Waals surface area (Å²) in [7, 11) is 1.89. The lowest BCUT2D eigenvalue weighted by Gasteiger charge is -2.56. The highest BCUT2D eigenvalue weighted by molar-refractivity contribution is 5.83. The normalized spacial score (nSPS) is 31.3. The molecule has 0 radical (unpaired) electrons. The van der Waals surface area contributed by atoms with Gasteiger partial charge in [-0.05, 0) is 69.3 Å². The minimum Gasteiger partial charge on any atom is -0.337 e. The molecule has 4 saturated carbocycles. The van der Waals surface area contributed by atoms with Crippen LogP contribution >= 0.6 is 0 Å². The van der Waals surface area contributed by atoms with Gasteiger partial charge in [0.2, 0.25) is 17.6 Å². The number of nitrogens with zero attached hydrogens (tertiary/aromatic N) is 3. The topological polar surface area (TPSA) is 59.2 Å². The number of amides is 1. The van der Waals surface area contributed by atoms with Gasteiger partial charge in [0.25, 0.3) is 0 Å². The standard InChI is InChI=1S/C22H27N3O2/c1-14-4-3-5-18(6-14)20-23-19(27-24-20)13-25(2)21(26)22-10-15-7-16(11-22)9-17(8-15)12-22/h3-6,15-17H,7-13H2,1-2H3. The predicted molar refractivity (Wildman–Crippen MR) is 102 cm³/mol. The van der Waals surface area contributed by atoms with Crippen LogP contribution < -0.4 is 0 Å². The van der Waals surface area contributed by atoms with E-state index in [0.29, 0.717) is 18.3 Å². The second-order valence-corrected chi connectivity index (χ2v) is 9.24. The second kappa shape index (κ2) is 6.18. The van der Waals surface area contributed by atoms with Crippen molar-refractivity contribution in [1.29, 1.82) is 0 Å². The lowest BCUT2D eigenvalue weighted by molar-refractivity contribution is -0.157. The van der Waals surface area contributed by atoms with Crippen LogP contribution in [-0.2, 0) is 11.3 Å². The van der Waals surface area contributed by atoms with Crippen LogP contribution in [0.1, 0.15) is 50.0 Å². The lowest BCUT2D eigenvalue weighted by atomic mass is 9.49. The number of rotatable bonds is 4. The van der Waals surface area contributed by atoms with E-state index >= 15 is 0 Å². The van der Waals surface area contributed by atoms with Crippen molar-refractivity contribution in [3.8, 4) is 11.4 Å². The molecule has 5 nitrogen and oxygen atoms in total. The Balaban J connectivity index is 1.31. The number of hydrogen-bond donors (Lipinski definition) is 0. The van der Waals surface area contributed by atoms with Crippen LogP contribution in [0.2, 0.25) is 0 Å². The summed E-state index contributed by atoms with van der Waals surface area (Å²) >= 11 is 0. The molecule has 27 heavy (non-hydrogen) atoms. The molecule has 0 N–H and O–H groups in total. The summed E-state index contributed by atoms with van der Waals surface area (Å²) < 4.78 is 5.44. The third kappa shape index (κ3) is 2.97. The third-order valence-corrected chi connectivity index (χ3v) is 6.96. The van der Waals surface area contributed by atoms with Gasteiger partial charge in [-0.3, -0.25) is 4.79 Å². The number of hydrogen-bond acceptors (Lipinski definition) is 4. The zero-order valence-corrected chi connectivity index (χ0v) is 16.1. The molecule has 5 heteroatoms. The molecule has 1 heterocycles. The van der Waals surface area contributed by atoms with E-state index in [1.807, 2.05) is 43.1 Å². The number of carbonyl (C=O) groups is 1. The van der Waals surface area contributed by atoms with Crippen LogP contribution in [-0.4, -0.2) is 28.0 Å². The molecule has 4 aliphatic rings. The van der Waals surface area contributed by atoms with Gasteiger partial charge in [-0.2, -0.15) is 4.98 Å². The molecule has 4 aliphatic carbocycles. The first-order valence-electron chi connectivity index (χ1n) is 10.2. The van der Waals surface area contributed by atoms with E-state index in [1.54, 1.807) is 0 Å². The number of aryl methyl sites for hydroxylation is 1. The van der Waals surface area contributed by atoms with Crippen molar-refractivity contribution >= 4 is 5.91 Å². The van der Waals surface area contributed by atoms with Crippen molar-refractivity contribution in [2.24, 2.45) is 23.2 Å². The van der Waals surface area contributed by atoms with E-state index in [4.69, 9.17) is 4.52 Å². The Labute approximate surface area is 160 Å². The first-order valence-corrected chi connectivity index (χ1v) is 10.2. The van der Waals surface area contributed by atoms with Gasteiger partial charge in [-0.25, -0.2) is 0 Å². The molecule has 4 fully saturated rings. The molecule has 0 unspecified atom stereocenters. The highest BCUT2D eigenvalue weighted by Crippen LogP contribution is 2.60. The van der Waals surface area contributed by atoms with Crippen LogP contribution in [0.4, 0.5) is 0 Å². The van der Waals surface area contributed by atoms with Gasteiger partial charge in [0.05, 0.1) is 12.0 Å². The highest BCUT2D eigenvalue weighted by atomic mass is 16.5. The molecular weight excluding hydrogens is 338 g/mol. The Kier molecular flexibility index (Phi) is 3.88. The molecule has 0 atom stereocenters. The Morgan fingerprint density at radius 2 is 1.85 bits per heavy atom. The molecule has 0 spiro atoms. The van der Waals surface area contributed by atoms with Crippen molar-refractivity contribution in [3.05, 3.63) is 35.7 Å². The van der Waals surface area contributed by atoms with Crippen LogP contribution in [0.5, 0.6) is 0 Å². The van der Waals surface area contributed by atoms with E-state index in [0.717, 1.165) is 48.1 Å².